The maximum absolute atomic E-state index is 13.5. The second-order valence-electron chi connectivity index (χ2n) is 7.85. The topological polar surface area (TPSA) is 55.3 Å². The Morgan fingerprint density at radius 3 is 2.70 bits per heavy atom. The minimum absolute atomic E-state index is 0.0884. The molecule has 2 aromatic rings. The van der Waals surface area contributed by atoms with E-state index in [9.17, 15) is 4.39 Å². The lowest BCUT2D eigenvalue weighted by Crippen LogP contribution is -2.48. The summed E-state index contributed by atoms with van der Waals surface area (Å²) in [5.74, 6) is 2.13. The molecular formula is C23H28FN3O3. The van der Waals surface area contributed by atoms with Crippen LogP contribution >= 0.6 is 0 Å². The van der Waals surface area contributed by atoms with Crippen molar-refractivity contribution in [1.29, 1.82) is 0 Å². The Morgan fingerprint density at radius 1 is 1.13 bits per heavy atom. The van der Waals surface area contributed by atoms with E-state index in [-0.39, 0.29) is 18.0 Å². The average Bonchev–Trinajstić information content (AvgIpc) is 3.23. The highest BCUT2D eigenvalue weighted by atomic mass is 19.1. The maximum Gasteiger partial charge on any atom is 0.231 e. The minimum Gasteiger partial charge on any atom is -0.454 e. The van der Waals surface area contributed by atoms with E-state index in [1.807, 2.05) is 24.1 Å². The molecule has 0 spiro atoms. The Bertz CT molecular complexity index is 912. The Kier molecular flexibility index (Phi) is 6.08. The highest BCUT2D eigenvalue weighted by Gasteiger charge is 2.36. The summed E-state index contributed by atoms with van der Waals surface area (Å²) >= 11 is 0. The van der Waals surface area contributed by atoms with Gasteiger partial charge in [-0.15, -0.1) is 0 Å². The number of aliphatic imine (C=N–C) groups is 1. The predicted molar refractivity (Wildman–Crippen MR) is 114 cm³/mol. The van der Waals surface area contributed by atoms with Crippen LogP contribution in [0.25, 0.3) is 0 Å². The van der Waals surface area contributed by atoms with Crippen molar-refractivity contribution in [3.05, 3.63) is 59.4 Å². The van der Waals surface area contributed by atoms with Gasteiger partial charge >= 0.3 is 0 Å². The molecule has 160 valence electrons. The smallest absolute Gasteiger partial charge is 0.231 e. The predicted octanol–water partition coefficient (Wildman–Crippen LogP) is 3.31. The molecule has 0 atom stereocenters. The van der Waals surface area contributed by atoms with Gasteiger partial charge in [0.25, 0.3) is 0 Å². The van der Waals surface area contributed by atoms with Gasteiger partial charge in [-0.05, 0) is 48.2 Å². The lowest BCUT2D eigenvalue weighted by Gasteiger charge is -2.39. The normalized spacial score (nSPS) is 17.6. The first-order valence-electron chi connectivity index (χ1n) is 10.2. The molecule has 4 rings (SSSR count). The molecule has 6 nitrogen and oxygen atoms in total. The zero-order valence-corrected chi connectivity index (χ0v) is 17.5. The van der Waals surface area contributed by atoms with Crippen LogP contribution in [0.2, 0.25) is 0 Å². The van der Waals surface area contributed by atoms with Crippen molar-refractivity contribution < 1.29 is 18.6 Å². The fourth-order valence-corrected chi connectivity index (χ4v) is 4.17. The van der Waals surface area contributed by atoms with Crippen molar-refractivity contribution in [1.82, 2.24) is 10.2 Å². The molecule has 0 aliphatic carbocycles. The molecule has 1 saturated heterocycles. The second kappa shape index (κ2) is 8.92. The summed E-state index contributed by atoms with van der Waals surface area (Å²) in [6, 6.07) is 12.9. The summed E-state index contributed by atoms with van der Waals surface area (Å²) < 4.78 is 30.2. The second-order valence-corrected chi connectivity index (χ2v) is 7.85. The number of fused-ring (bicyclic) bond motifs is 1. The van der Waals surface area contributed by atoms with Gasteiger partial charge in [0.1, 0.15) is 5.82 Å². The van der Waals surface area contributed by atoms with Crippen LogP contribution in [0.1, 0.15) is 24.0 Å². The van der Waals surface area contributed by atoms with Gasteiger partial charge in [0, 0.05) is 45.8 Å². The Labute approximate surface area is 176 Å². The van der Waals surface area contributed by atoms with Gasteiger partial charge in [-0.1, -0.05) is 18.2 Å². The van der Waals surface area contributed by atoms with Gasteiger partial charge in [-0.3, -0.25) is 4.99 Å². The molecule has 2 heterocycles. The zero-order valence-electron chi connectivity index (χ0n) is 17.5. The summed E-state index contributed by atoms with van der Waals surface area (Å²) in [5, 5.41) is 3.54. The van der Waals surface area contributed by atoms with Crippen LogP contribution in [0.5, 0.6) is 11.5 Å². The summed E-state index contributed by atoms with van der Waals surface area (Å²) in [4.78, 5) is 6.44. The molecule has 30 heavy (non-hydrogen) atoms. The van der Waals surface area contributed by atoms with E-state index in [1.165, 1.54) is 11.6 Å². The summed E-state index contributed by atoms with van der Waals surface area (Å²) in [6.07, 6.45) is 1.81. The number of hydrogen-bond donors (Lipinski definition) is 1. The van der Waals surface area contributed by atoms with Crippen molar-refractivity contribution in [3.63, 3.8) is 0 Å². The van der Waals surface area contributed by atoms with Crippen molar-refractivity contribution >= 4 is 5.96 Å². The number of nitrogens with zero attached hydrogens (tertiary/aromatic N) is 2. The van der Waals surface area contributed by atoms with E-state index in [0.717, 1.165) is 42.4 Å². The molecule has 2 aliphatic heterocycles. The third-order valence-electron chi connectivity index (χ3n) is 5.90. The van der Waals surface area contributed by atoms with Crippen molar-refractivity contribution in [2.24, 2.45) is 4.99 Å². The number of ether oxygens (including phenoxy) is 3. The van der Waals surface area contributed by atoms with Gasteiger partial charge in [-0.25, -0.2) is 4.39 Å². The van der Waals surface area contributed by atoms with E-state index in [0.29, 0.717) is 19.8 Å². The molecule has 1 N–H and O–H groups in total. The van der Waals surface area contributed by atoms with Crippen LogP contribution in [0.4, 0.5) is 4.39 Å². The molecule has 7 heteroatoms. The molecule has 0 bridgehead atoms. The first kappa shape index (κ1) is 20.5. The monoisotopic (exact) mass is 413 g/mol. The molecule has 0 aromatic heterocycles. The highest BCUT2D eigenvalue weighted by molar-refractivity contribution is 5.79. The number of guanidine groups is 1. The number of rotatable bonds is 5. The van der Waals surface area contributed by atoms with Crippen LogP contribution in [0, 0.1) is 5.82 Å². The van der Waals surface area contributed by atoms with Gasteiger partial charge in [0.05, 0.1) is 0 Å². The average molecular weight is 413 g/mol. The van der Waals surface area contributed by atoms with E-state index >= 15 is 0 Å². The summed E-state index contributed by atoms with van der Waals surface area (Å²) in [6.45, 7) is 2.99. The van der Waals surface area contributed by atoms with Crippen LogP contribution in [-0.2, 0) is 16.7 Å². The Balaban J connectivity index is 1.49. The molecule has 0 saturated carbocycles. The summed E-state index contributed by atoms with van der Waals surface area (Å²) in [7, 11) is 3.72. The van der Waals surface area contributed by atoms with Crippen molar-refractivity contribution in [2.45, 2.75) is 24.8 Å². The molecule has 2 aliphatic rings. The third-order valence-corrected chi connectivity index (χ3v) is 5.90. The van der Waals surface area contributed by atoms with Crippen molar-refractivity contribution in [3.8, 4) is 11.5 Å². The van der Waals surface area contributed by atoms with E-state index in [4.69, 9.17) is 14.2 Å². The molecule has 0 amide bonds. The number of hydrogen-bond acceptors (Lipinski definition) is 4. The highest BCUT2D eigenvalue weighted by Crippen LogP contribution is 2.40. The number of halogens is 1. The zero-order chi connectivity index (χ0) is 21.0. The van der Waals surface area contributed by atoms with Crippen LogP contribution < -0.4 is 14.8 Å². The fourth-order valence-electron chi connectivity index (χ4n) is 4.17. The first-order chi connectivity index (χ1) is 14.6. The fraction of sp³-hybridized carbons (Fsp3) is 0.435. The largest absolute Gasteiger partial charge is 0.454 e. The van der Waals surface area contributed by atoms with Gasteiger partial charge in [-0.2, -0.15) is 0 Å². The SMILES string of the molecule is CN=C(NCC1(c2ccc3c(c2)OCO3)CCOCC1)N(C)Cc1cccc(F)c1. The van der Waals surface area contributed by atoms with E-state index < -0.39 is 0 Å². The first-order valence-corrected chi connectivity index (χ1v) is 10.2. The lowest BCUT2D eigenvalue weighted by molar-refractivity contribution is 0.0511. The maximum atomic E-state index is 13.5. The molecule has 1 fully saturated rings. The molecule has 2 aromatic carbocycles. The van der Waals surface area contributed by atoms with Crippen LogP contribution in [0.3, 0.4) is 0 Å². The molecule has 0 unspecified atom stereocenters. The molecular weight excluding hydrogens is 385 g/mol. The van der Waals surface area contributed by atoms with Crippen LogP contribution in [-0.4, -0.2) is 51.5 Å². The van der Waals surface area contributed by atoms with E-state index in [2.05, 4.69) is 22.4 Å². The third kappa shape index (κ3) is 4.36. The van der Waals surface area contributed by atoms with Gasteiger partial charge in [0.15, 0.2) is 17.5 Å². The quantitative estimate of drug-likeness (QED) is 0.602. The van der Waals surface area contributed by atoms with Crippen LogP contribution in [0.15, 0.2) is 47.5 Å². The van der Waals surface area contributed by atoms with Crippen molar-refractivity contribution in [2.75, 3.05) is 40.6 Å². The number of nitrogens with one attached hydrogen (secondary N) is 1. The Morgan fingerprint density at radius 2 is 1.93 bits per heavy atom. The summed E-state index contributed by atoms with van der Waals surface area (Å²) in [5.41, 5.74) is 2.03. The lowest BCUT2D eigenvalue weighted by atomic mass is 9.74. The Hall–Kier alpha value is -2.80. The van der Waals surface area contributed by atoms with Gasteiger partial charge in [0.2, 0.25) is 6.79 Å². The number of benzene rings is 2. The van der Waals surface area contributed by atoms with Gasteiger partial charge < -0.3 is 24.4 Å². The van der Waals surface area contributed by atoms with E-state index in [1.54, 1.807) is 19.2 Å². The molecule has 0 radical (unpaired) electrons. The standard InChI is InChI=1S/C23H28FN3O3/c1-25-22(27(2)14-17-4-3-5-19(24)12-17)26-15-23(8-10-28-11-9-23)18-6-7-20-21(13-18)30-16-29-20/h3-7,12-13H,8-11,14-16H2,1-2H3,(H,25,26). The minimum atomic E-state index is -0.229.